The van der Waals surface area contributed by atoms with Gasteiger partial charge in [0.05, 0.1) is 26.2 Å². The molecule has 0 aliphatic carbocycles. The summed E-state index contributed by atoms with van der Waals surface area (Å²) < 4.78 is 5.28. The second-order valence-electron chi connectivity index (χ2n) is 4.53. The van der Waals surface area contributed by atoms with Crippen LogP contribution in [0.2, 0.25) is 0 Å². The van der Waals surface area contributed by atoms with Crippen LogP contribution < -0.4 is 16.0 Å². The molecule has 0 atom stereocenters. The van der Waals surface area contributed by atoms with E-state index in [2.05, 4.69) is 5.32 Å². The average Bonchev–Trinajstić information content (AvgIpc) is 2.40. The Bertz CT molecular complexity index is 386. The fraction of sp³-hybridized carbons (Fsp3) is 0.462. The third kappa shape index (κ3) is 4.01. The highest BCUT2D eigenvalue weighted by atomic mass is 16.5. The maximum atomic E-state index is 11.8. The smallest absolute Gasteiger partial charge is 0.230 e. The number of benzene rings is 1. The molecule has 0 spiro atoms. The van der Waals surface area contributed by atoms with E-state index in [0.29, 0.717) is 12.1 Å². The number of nitrogens with one attached hydrogen (secondary N) is 2. The number of quaternary nitrogens is 1. The normalized spacial score (nSPS) is 16.4. The van der Waals surface area contributed by atoms with Gasteiger partial charge in [-0.05, 0) is 24.3 Å². The Labute approximate surface area is 107 Å². The van der Waals surface area contributed by atoms with E-state index in [1.807, 2.05) is 12.1 Å². The Morgan fingerprint density at radius 1 is 1.28 bits per heavy atom. The van der Waals surface area contributed by atoms with Gasteiger partial charge < -0.3 is 20.7 Å². The second kappa shape index (κ2) is 6.37. The molecule has 0 radical (unpaired) electrons. The third-order valence-corrected chi connectivity index (χ3v) is 3.10. The first kappa shape index (κ1) is 12.9. The van der Waals surface area contributed by atoms with Gasteiger partial charge >= 0.3 is 0 Å². The van der Waals surface area contributed by atoms with E-state index in [1.165, 1.54) is 4.90 Å². The molecule has 5 nitrogen and oxygen atoms in total. The SMILES string of the molecule is Nc1ccc(NC(=O)CC[NH+]2CCOCC2)cc1. The van der Waals surface area contributed by atoms with Crippen LogP contribution in [0.3, 0.4) is 0 Å². The highest BCUT2D eigenvalue weighted by molar-refractivity contribution is 5.90. The number of carbonyl (C=O) groups excluding carboxylic acids is 1. The number of hydrogen-bond donors (Lipinski definition) is 3. The van der Waals surface area contributed by atoms with Crippen LogP contribution in [0.25, 0.3) is 0 Å². The Balaban J connectivity index is 1.73. The van der Waals surface area contributed by atoms with Crippen LogP contribution in [0.15, 0.2) is 24.3 Å². The van der Waals surface area contributed by atoms with Gasteiger partial charge in [-0.2, -0.15) is 0 Å². The Morgan fingerprint density at radius 3 is 2.61 bits per heavy atom. The predicted octanol–water partition coefficient (Wildman–Crippen LogP) is -0.487. The highest BCUT2D eigenvalue weighted by Crippen LogP contribution is 2.10. The first-order valence-electron chi connectivity index (χ1n) is 6.31. The van der Waals surface area contributed by atoms with Crippen LogP contribution in [-0.2, 0) is 9.53 Å². The van der Waals surface area contributed by atoms with Crippen molar-refractivity contribution in [2.45, 2.75) is 6.42 Å². The summed E-state index contributed by atoms with van der Waals surface area (Å²) in [6, 6.07) is 7.19. The third-order valence-electron chi connectivity index (χ3n) is 3.10. The molecule has 1 fully saturated rings. The fourth-order valence-corrected chi connectivity index (χ4v) is 1.99. The van der Waals surface area contributed by atoms with E-state index in [1.54, 1.807) is 12.1 Å². The zero-order valence-corrected chi connectivity index (χ0v) is 10.4. The molecule has 1 heterocycles. The number of nitrogen functional groups attached to an aromatic ring is 1. The molecule has 1 aromatic rings. The molecule has 1 aromatic carbocycles. The minimum Gasteiger partial charge on any atom is -0.399 e. The summed E-state index contributed by atoms with van der Waals surface area (Å²) in [4.78, 5) is 13.2. The van der Waals surface area contributed by atoms with Gasteiger partial charge in [-0.3, -0.25) is 4.79 Å². The van der Waals surface area contributed by atoms with Crippen molar-refractivity contribution < 1.29 is 14.4 Å². The predicted molar refractivity (Wildman–Crippen MR) is 70.5 cm³/mol. The van der Waals surface area contributed by atoms with Crippen molar-refractivity contribution in [1.82, 2.24) is 0 Å². The van der Waals surface area contributed by atoms with Crippen LogP contribution in [0, 0.1) is 0 Å². The van der Waals surface area contributed by atoms with Crippen LogP contribution >= 0.6 is 0 Å². The van der Waals surface area contributed by atoms with E-state index in [0.717, 1.165) is 38.5 Å². The number of amides is 1. The Hall–Kier alpha value is -1.59. The molecule has 0 aromatic heterocycles. The van der Waals surface area contributed by atoms with Crippen LogP contribution in [-0.4, -0.2) is 38.8 Å². The summed E-state index contributed by atoms with van der Waals surface area (Å²) >= 11 is 0. The zero-order valence-electron chi connectivity index (χ0n) is 10.4. The standard InChI is InChI=1S/C13H19N3O2/c14-11-1-3-12(4-2-11)15-13(17)5-6-16-7-9-18-10-8-16/h1-4H,5-10,14H2,(H,15,17)/p+1. The molecular formula is C13H20N3O2+. The minimum absolute atomic E-state index is 0.0544. The van der Waals surface area contributed by atoms with Gasteiger partial charge in [0.25, 0.3) is 0 Å². The molecule has 5 heteroatoms. The lowest BCUT2D eigenvalue weighted by atomic mass is 10.2. The lowest BCUT2D eigenvalue weighted by molar-refractivity contribution is -0.907. The summed E-state index contributed by atoms with van der Waals surface area (Å²) in [5.41, 5.74) is 7.08. The molecule has 0 saturated carbocycles. The molecule has 18 heavy (non-hydrogen) atoms. The van der Waals surface area contributed by atoms with Gasteiger partial charge in [0.15, 0.2) is 0 Å². The Morgan fingerprint density at radius 2 is 1.94 bits per heavy atom. The van der Waals surface area contributed by atoms with Crippen molar-refractivity contribution in [2.75, 3.05) is 43.9 Å². The number of nitrogens with two attached hydrogens (primary N) is 1. The number of carbonyl (C=O) groups is 1. The molecule has 2 rings (SSSR count). The lowest BCUT2D eigenvalue weighted by Crippen LogP contribution is -3.14. The molecule has 1 aliphatic heterocycles. The molecule has 1 saturated heterocycles. The first-order valence-corrected chi connectivity index (χ1v) is 6.31. The van der Waals surface area contributed by atoms with E-state index >= 15 is 0 Å². The number of anilines is 2. The summed E-state index contributed by atoms with van der Waals surface area (Å²) in [6.07, 6.45) is 0.541. The molecule has 1 aliphatic rings. The van der Waals surface area contributed by atoms with Crippen molar-refractivity contribution in [1.29, 1.82) is 0 Å². The van der Waals surface area contributed by atoms with E-state index < -0.39 is 0 Å². The second-order valence-corrected chi connectivity index (χ2v) is 4.53. The monoisotopic (exact) mass is 250 g/mol. The molecule has 0 unspecified atom stereocenters. The molecular weight excluding hydrogens is 230 g/mol. The number of hydrogen-bond acceptors (Lipinski definition) is 3. The van der Waals surface area contributed by atoms with Crippen molar-refractivity contribution in [3.63, 3.8) is 0 Å². The zero-order chi connectivity index (χ0) is 12.8. The van der Waals surface area contributed by atoms with Crippen molar-refractivity contribution in [3.05, 3.63) is 24.3 Å². The summed E-state index contributed by atoms with van der Waals surface area (Å²) in [5, 5.41) is 2.87. The van der Waals surface area contributed by atoms with Gasteiger partial charge in [-0.1, -0.05) is 0 Å². The quantitative estimate of drug-likeness (QED) is 0.632. The van der Waals surface area contributed by atoms with Crippen molar-refractivity contribution in [3.8, 4) is 0 Å². The highest BCUT2D eigenvalue weighted by Gasteiger charge is 2.15. The maximum absolute atomic E-state index is 11.8. The van der Waals surface area contributed by atoms with Gasteiger partial charge in [0.1, 0.15) is 13.1 Å². The van der Waals surface area contributed by atoms with Gasteiger partial charge in [-0.15, -0.1) is 0 Å². The summed E-state index contributed by atoms with van der Waals surface area (Å²) in [6.45, 7) is 4.46. The molecule has 1 amide bonds. The van der Waals surface area contributed by atoms with Crippen LogP contribution in [0.1, 0.15) is 6.42 Å². The fourth-order valence-electron chi connectivity index (χ4n) is 1.99. The molecule has 4 N–H and O–H groups in total. The maximum Gasteiger partial charge on any atom is 0.230 e. The van der Waals surface area contributed by atoms with E-state index in [4.69, 9.17) is 10.5 Å². The van der Waals surface area contributed by atoms with Gasteiger partial charge in [0, 0.05) is 11.4 Å². The number of morpholine rings is 1. The van der Waals surface area contributed by atoms with Gasteiger partial charge in [-0.25, -0.2) is 0 Å². The van der Waals surface area contributed by atoms with Crippen molar-refractivity contribution in [2.24, 2.45) is 0 Å². The van der Waals surface area contributed by atoms with E-state index in [-0.39, 0.29) is 5.91 Å². The van der Waals surface area contributed by atoms with E-state index in [9.17, 15) is 4.79 Å². The Kier molecular flexibility index (Phi) is 4.55. The van der Waals surface area contributed by atoms with Crippen molar-refractivity contribution >= 4 is 17.3 Å². The largest absolute Gasteiger partial charge is 0.399 e. The molecule has 98 valence electrons. The molecule has 0 bridgehead atoms. The lowest BCUT2D eigenvalue weighted by Gasteiger charge is -2.23. The topological polar surface area (TPSA) is 68.8 Å². The minimum atomic E-state index is 0.0544. The number of ether oxygens (including phenoxy) is 1. The summed E-state index contributed by atoms with van der Waals surface area (Å²) in [7, 11) is 0. The average molecular weight is 250 g/mol. The van der Waals surface area contributed by atoms with Gasteiger partial charge in [0.2, 0.25) is 5.91 Å². The first-order chi connectivity index (χ1) is 8.74. The summed E-state index contributed by atoms with van der Waals surface area (Å²) in [5.74, 6) is 0.0544. The van der Waals surface area contributed by atoms with Crippen LogP contribution in [0.4, 0.5) is 11.4 Å². The van der Waals surface area contributed by atoms with Crippen LogP contribution in [0.5, 0.6) is 0 Å². The number of rotatable bonds is 4.